The van der Waals surface area contributed by atoms with E-state index in [0.29, 0.717) is 36.5 Å². The van der Waals surface area contributed by atoms with Crippen LogP contribution in [0.2, 0.25) is 0 Å². The summed E-state index contributed by atoms with van der Waals surface area (Å²) in [7, 11) is 0. The molecule has 168 valence electrons. The molecular formula is C22H21F3N4O2S. The highest BCUT2D eigenvalue weighted by Crippen LogP contribution is 2.35. The number of halogens is 3. The Bertz CT molecular complexity index is 1120. The third kappa shape index (κ3) is 4.55. The molecule has 10 heteroatoms. The molecular weight excluding hydrogens is 441 g/mol. The molecule has 3 aromatic rings. The molecule has 0 bridgehead atoms. The van der Waals surface area contributed by atoms with E-state index in [2.05, 4.69) is 10.4 Å². The summed E-state index contributed by atoms with van der Waals surface area (Å²) >= 11 is 1.38. The number of anilines is 1. The molecule has 0 aliphatic carbocycles. The van der Waals surface area contributed by atoms with Gasteiger partial charge in [-0.1, -0.05) is 18.2 Å². The highest BCUT2D eigenvalue weighted by molar-refractivity contribution is 7.12. The fraction of sp³-hybridized carbons (Fsp3) is 0.318. The van der Waals surface area contributed by atoms with E-state index >= 15 is 0 Å². The second-order valence-electron chi connectivity index (χ2n) is 7.63. The van der Waals surface area contributed by atoms with Crippen molar-refractivity contribution in [1.82, 2.24) is 14.7 Å². The first-order chi connectivity index (χ1) is 15.2. The maximum absolute atomic E-state index is 13.5. The standard InChI is InChI=1S/C22H21F3N4O2S/c1-14-13-19(29(27-14)17-6-3-2-5-16(17)22(23,24)25)26-20(30)15-8-10-28(11-9-15)21(31)18-7-4-12-32-18/h2-7,12-13,15H,8-11H2,1H3,(H,26,30). The number of carbonyl (C=O) groups excluding carboxylic acids is 2. The molecule has 1 aliphatic heterocycles. The molecule has 4 rings (SSSR count). The van der Waals surface area contributed by atoms with E-state index < -0.39 is 11.7 Å². The molecule has 1 aromatic carbocycles. The van der Waals surface area contributed by atoms with Crippen LogP contribution in [0.3, 0.4) is 0 Å². The number of hydrogen-bond acceptors (Lipinski definition) is 4. The Balaban J connectivity index is 1.47. The minimum absolute atomic E-state index is 0.0451. The molecule has 1 aliphatic rings. The predicted molar refractivity (Wildman–Crippen MR) is 115 cm³/mol. The molecule has 1 N–H and O–H groups in total. The fourth-order valence-corrected chi connectivity index (χ4v) is 4.49. The first kappa shape index (κ1) is 22.1. The van der Waals surface area contributed by atoms with Gasteiger partial charge in [0.25, 0.3) is 5.91 Å². The topological polar surface area (TPSA) is 67.2 Å². The normalized spacial score (nSPS) is 15.1. The number of amides is 2. The van der Waals surface area contributed by atoms with E-state index in [4.69, 9.17) is 0 Å². The smallest absolute Gasteiger partial charge is 0.338 e. The van der Waals surface area contributed by atoms with E-state index in [1.165, 1.54) is 29.5 Å². The van der Waals surface area contributed by atoms with Crippen molar-refractivity contribution >= 4 is 29.0 Å². The summed E-state index contributed by atoms with van der Waals surface area (Å²) in [6, 6.07) is 10.2. The summed E-state index contributed by atoms with van der Waals surface area (Å²) in [4.78, 5) is 27.7. The van der Waals surface area contributed by atoms with Crippen LogP contribution in [-0.2, 0) is 11.0 Å². The minimum Gasteiger partial charge on any atom is -0.338 e. The zero-order chi connectivity index (χ0) is 22.9. The fourth-order valence-electron chi connectivity index (χ4n) is 3.80. The largest absolute Gasteiger partial charge is 0.418 e. The van der Waals surface area contributed by atoms with Gasteiger partial charge in [0.05, 0.1) is 21.8 Å². The molecule has 0 unspecified atom stereocenters. The lowest BCUT2D eigenvalue weighted by Gasteiger charge is -2.31. The van der Waals surface area contributed by atoms with Crippen molar-refractivity contribution in [2.45, 2.75) is 25.9 Å². The number of rotatable bonds is 4. The number of aromatic nitrogens is 2. The third-order valence-corrected chi connectivity index (χ3v) is 6.26. The number of alkyl halides is 3. The van der Waals surface area contributed by atoms with Gasteiger partial charge in [-0.15, -0.1) is 11.3 Å². The SMILES string of the molecule is Cc1cc(NC(=O)C2CCN(C(=O)c3cccs3)CC2)n(-c2ccccc2C(F)(F)F)n1. The Morgan fingerprint density at radius 1 is 1.12 bits per heavy atom. The number of aryl methyl sites for hydroxylation is 1. The van der Waals surface area contributed by atoms with Gasteiger partial charge in [-0.3, -0.25) is 9.59 Å². The quantitative estimate of drug-likeness (QED) is 0.608. The molecule has 2 amide bonds. The van der Waals surface area contributed by atoms with Gasteiger partial charge >= 0.3 is 6.18 Å². The Labute approximate surface area is 186 Å². The Morgan fingerprint density at radius 2 is 1.84 bits per heavy atom. The number of hydrogen-bond donors (Lipinski definition) is 1. The molecule has 3 heterocycles. The summed E-state index contributed by atoms with van der Waals surface area (Å²) in [6.07, 6.45) is -3.59. The van der Waals surface area contributed by atoms with E-state index in [0.717, 1.165) is 10.7 Å². The third-order valence-electron chi connectivity index (χ3n) is 5.41. The number of piperidine rings is 1. The van der Waals surface area contributed by atoms with Crippen LogP contribution in [0, 0.1) is 12.8 Å². The van der Waals surface area contributed by atoms with Crippen LogP contribution < -0.4 is 5.32 Å². The van der Waals surface area contributed by atoms with Gasteiger partial charge in [0.15, 0.2) is 0 Å². The van der Waals surface area contributed by atoms with E-state index in [1.807, 2.05) is 11.4 Å². The molecule has 0 radical (unpaired) electrons. The Morgan fingerprint density at radius 3 is 2.50 bits per heavy atom. The van der Waals surface area contributed by atoms with Gasteiger partial charge in [-0.2, -0.15) is 18.3 Å². The van der Waals surface area contributed by atoms with Crippen LogP contribution in [0.5, 0.6) is 0 Å². The monoisotopic (exact) mass is 462 g/mol. The molecule has 1 saturated heterocycles. The lowest BCUT2D eigenvalue weighted by molar-refractivity contribution is -0.137. The first-order valence-electron chi connectivity index (χ1n) is 10.1. The number of benzene rings is 1. The Hall–Kier alpha value is -3.14. The van der Waals surface area contributed by atoms with Gasteiger partial charge in [0, 0.05) is 25.1 Å². The summed E-state index contributed by atoms with van der Waals surface area (Å²) in [5.41, 5.74) is -0.507. The van der Waals surface area contributed by atoms with Crippen molar-refractivity contribution in [3.05, 3.63) is 64.0 Å². The van der Waals surface area contributed by atoms with E-state index in [9.17, 15) is 22.8 Å². The van der Waals surface area contributed by atoms with Crippen LogP contribution in [0.4, 0.5) is 19.0 Å². The Kier molecular flexibility index (Phi) is 6.05. The summed E-state index contributed by atoms with van der Waals surface area (Å²) in [5.74, 6) is -0.500. The van der Waals surface area contributed by atoms with Crippen LogP contribution in [0.25, 0.3) is 5.69 Å². The van der Waals surface area contributed by atoms with Gasteiger partial charge < -0.3 is 10.2 Å². The number of nitrogens with zero attached hydrogens (tertiary/aromatic N) is 3. The van der Waals surface area contributed by atoms with Crippen LogP contribution in [-0.4, -0.2) is 39.6 Å². The highest BCUT2D eigenvalue weighted by atomic mass is 32.1. The molecule has 2 aromatic heterocycles. The van der Waals surface area contributed by atoms with E-state index in [-0.39, 0.29) is 29.2 Å². The maximum atomic E-state index is 13.5. The van der Waals surface area contributed by atoms with Crippen LogP contribution in [0.1, 0.15) is 33.8 Å². The van der Waals surface area contributed by atoms with Crippen molar-refractivity contribution < 1.29 is 22.8 Å². The molecule has 32 heavy (non-hydrogen) atoms. The zero-order valence-electron chi connectivity index (χ0n) is 17.2. The number of thiophene rings is 1. The van der Waals surface area contributed by atoms with Gasteiger partial charge in [0.1, 0.15) is 5.82 Å². The lowest BCUT2D eigenvalue weighted by atomic mass is 9.96. The van der Waals surface area contributed by atoms with Crippen molar-refractivity contribution in [2.75, 3.05) is 18.4 Å². The predicted octanol–water partition coefficient (Wildman–Crippen LogP) is 4.75. The van der Waals surface area contributed by atoms with E-state index in [1.54, 1.807) is 24.0 Å². The zero-order valence-corrected chi connectivity index (χ0v) is 18.0. The maximum Gasteiger partial charge on any atom is 0.418 e. The number of carbonyl (C=O) groups is 2. The van der Waals surface area contributed by atoms with Gasteiger partial charge in [-0.05, 0) is 43.3 Å². The second kappa shape index (κ2) is 8.78. The van der Waals surface area contributed by atoms with Crippen molar-refractivity contribution in [1.29, 1.82) is 0 Å². The van der Waals surface area contributed by atoms with Crippen molar-refractivity contribution in [2.24, 2.45) is 5.92 Å². The first-order valence-corrected chi connectivity index (χ1v) is 11.0. The van der Waals surface area contributed by atoms with Gasteiger partial charge in [0.2, 0.25) is 5.91 Å². The molecule has 1 fully saturated rings. The number of likely N-dealkylation sites (tertiary alicyclic amines) is 1. The van der Waals surface area contributed by atoms with Crippen molar-refractivity contribution in [3.8, 4) is 5.69 Å². The van der Waals surface area contributed by atoms with Crippen LogP contribution >= 0.6 is 11.3 Å². The molecule has 0 atom stereocenters. The molecule has 6 nitrogen and oxygen atoms in total. The van der Waals surface area contributed by atoms with Crippen LogP contribution in [0.15, 0.2) is 47.8 Å². The summed E-state index contributed by atoms with van der Waals surface area (Å²) < 4.78 is 41.5. The average molecular weight is 462 g/mol. The molecule has 0 saturated carbocycles. The van der Waals surface area contributed by atoms with Gasteiger partial charge in [-0.25, -0.2) is 4.68 Å². The van der Waals surface area contributed by atoms with Crippen molar-refractivity contribution in [3.63, 3.8) is 0 Å². The number of para-hydroxylation sites is 1. The summed E-state index contributed by atoms with van der Waals surface area (Å²) in [6.45, 7) is 2.55. The average Bonchev–Trinajstić information content (AvgIpc) is 3.43. The highest BCUT2D eigenvalue weighted by Gasteiger charge is 2.35. The summed E-state index contributed by atoms with van der Waals surface area (Å²) in [5, 5.41) is 8.75. The minimum atomic E-state index is -4.56. The lowest BCUT2D eigenvalue weighted by Crippen LogP contribution is -2.41. The second-order valence-corrected chi connectivity index (χ2v) is 8.58. The number of nitrogens with one attached hydrogen (secondary N) is 1. The molecule has 0 spiro atoms.